The van der Waals surface area contributed by atoms with Crippen molar-refractivity contribution in [3.05, 3.63) is 11.7 Å². The molecule has 23 heavy (non-hydrogen) atoms. The molecule has 1 aromatic rings. The fourth-order valence-corrected chi connectivity index (χ4v) is 2.70. The van der Waals surface area contributed by atoms with Gasteiger partial charge in [0.25, 0.3) is 5.89 Å². The predicted octanol–water partition coefficient (Wildman–Crippen LogP) is 3.07. The van der Waals surface area contributed by atoms with Crippen molar-refractivity contribution in [1.29, 1.82) is 0 Å². The van der Waals surface area contributed by atoms with E-state index in [1.165, 1.54) is 0 Å². The fraction of sp³-hybridized carbons (Fsp3) is 0.812. The lowest BCUT2D eigenvalue weighted by Crippen LogP contribution is -2.52. The second kappa shape index (κ2) is 6.86. The lowest BCUT2D eigenvalue weighted by atomic mass is 9.90. The van der Waals surface area contributed by atoms with Crippen LogP contribution in [0.1, 0.15) is 58.7 Å². The van der Waals surface area contributed by atoms with Crippen molar-refractivity contribution in [3.63, 3.8) is 0 Å². The highest BCUT2D eigenvalue weighted by Crippen LogP contribution is 2.30. The van der Waals surface area contributed by atoms with E-state index in [0.29, 0.717) is 24.8 Å². The Labute approximate surface area is 137 Å². The maximum absolute atomic E-state index is 12.3. The molecule has 0 aromatic carbocycles. The minimum absolute atomic E-state index is 0.261. The Morgan fingerprint density at radius 2 is 2.17 bits per heavy atom. The Kier molecular flexibility index (Phi) is 5.29. The molecular weight excluding hydrogens is 298 g/mol. The van der Waals surface area contributed by atoms with E-state index in [2.05, 4.69) is 17.1 Å². The second-order valence-corrected chi connectivity index (χ2v) is 7.07. The Hall–Kier alpha value is -1.63. The number of hydrogen-bond acceptors (Lipinski definition) is 6. The van der Waals surface area contributed by atoms with Gasteiger partial charge in [0.2, 0.25) is 0 Å². The third kappa shape index (κ3) is 4.92. The Morgan fingerprint density at radius 1 is 1.43 bits per heavy atom. The summed E-state index contributed by atoms with van der Waals surface area (Å²) < 4.78 is 16.6. The van der Waals surface area contributed by atoms with E-state index < -0.39 is 11.2 Å². The number of piperidine rings is 1. The molecule has 1 aliphatic rings. The van der Waals surface area contributed by atoms with Crippen molar-refractivity contribution < 1.29 is 18.8 Å². The average molecular weight is 325 g/mol. The van der Waals surface area contributed by atoms with Crippen LogP contribution in [0.3, 0.4) is 0 Å². The summed E-state index contributed by atoms with van der Waals surface area (Å²) in [6, 6.07) is 0. The molecule has 2 rings (SSSR count). The van der Waals surface area contributed by atoms with Crippen LogP contribution < -0.4 is 0 Å². The number of rotatable bonds is 4. The Bertz CT molecular complexity index is 538. The molecule has 1 atom stereocenters. The number of amides is 1. The number of likely N-dealkylation sites (tertiary alicyclic amines) is 1. The van der Waals surface area contributed by atoms with Crippen LogP contribution in [0.4, 0.5) is 4.79 Å². The lowest BCUT2D eigenvalue weighted by molar-refractivity contribution is -0.107. The first kappa shape index (κ1) is 17.7. The van der Waals surface area contributed by atoms with Crippen LogP contribution in [-0.2, 0) is 16.1 Å². The summed E-state index contributed by atoms with van der Waals surface area (Å²) >= 11 is 0. The SMILES string of the molecule is CCC1(OCc2nc(C)no2)CCCN(C(=O)OC(C)(C)C)C1. The van der Waals surface area contributed by atoms with Gasteiger partial charge in [0.15, 0.2) is 5.82 Å². The van der Waals surface area contributed by atoms with Gasteiger partial charge in [-0.3, -0.25) is 0 Å². The van der Waals surface area contributed by atoms with Gasteiger partial charge in [0.1, 0.15) is 12.2 Å². The molecule has 7 nitrogen and oxygen atoms in total. The van der Waals surface area contributed by atoms with E-state index in [4.69, 9.17) is 14.0 Å². The van der Waals surface area contributed by atoms with Crippen molar-refractivity contribution in [1.82, 2.24) is 15.0 Å². The minimum atomic E-state index is -0.494. The van der Waals surface area contributed by atoms with Gasteiger partial charge in [0.05, 0.1) is 12.1 Å². The van der Waals surface area contributed by atoms with Crippen LogP contribution in [0.5, 0.6) is 0 Å². The van der Waals surface area contributed by atoms with Crippen molar-refractivity contribution in [2.45, 2.75) is 71.7 Å². The first-order valence-corrected chi connectivity index (χ1v) is 8.14. The monoisotopic (exact) mass is 325 g/mol. The molecule has 1 fully saturated rings. The number of aryl methyl sites for hydroxylation is 1. The highest BCUT2D eigenvalue weighted by molar-refractivity contribution is 5.68. The summed E-state index contributed by atoms with van der Waals surface area (Å²) in [5.74, 6) is 1.05. The van der Waals surface area contributed by atoms with E-state index in [-0.39, 0.29) is 12.7 Å². The van der Waals surface area contributed by atoms with Crippen LogP contribution in [0, 0.1) is 6.92 Å². The van der Waals surface area contributed by atoms with Crippen LogP contribution in [0.15, 0.2) is 4.52 Å². The molecule has 0 radical (unpaired) electrons. The molecule has 0 aliphatic carbocycles. The molecule has 130 valence electrons. The number of carbonyl (C=O) groups is 1. The summed E-state index contributed by atoms with van der Waals surface area (Å²) in [7, 11) is 0. The standard InChI is InChI=1S/C16H27N3O4/c1-6-16(21-10-13-17-12(2)18-23-13)8-7-9-19(11-16)14(20)22-15(3,4)5/h6-11H2,1-5H3. The molecule has 2 heterocycles. The minimum Gasteiger partial charge on any atom is -0.444 e. The number of hydrogen-bond donors (Lipinski definition) is 0. The normalized spacial score (nSPS) is 22.2. The van der Waals surface area contributed by atoms with E-state index in [1.54, 1.807) is 11.8 Å². The predicted molar refractivity (Wildman–Crippen MR) is 83.9 cm³/mol. The van der Waals surface area contributed by atoms with Crippen LogP contribution in [0.2, 0.25) is 0 Å². The molecule has 0 N–H and O–H groups in total. The topological polar surface area (TPSA) is 77.7 Å². The van der Waals surface area contributed by atoms with Crippen LogP contribution in [0.25, 0.3) is 0 Å². The van der Waals surface area contributed by atoms with Gasteiger partial charge in [-0.15, -0.1) is 0 Å². The molecule has 1 aliphatic heterocycles. The summed E-state index contributed by atoms with van der Waals surface area (Å²) in [6.07, 6.45) is 2.30. The second-order valence-electron chi connectivity index (χ2n) is 7.07. The highest BCUT2D eigenvalue weighted by atomic mass is 16.6. The molecule has 1 aromatic heterocycles. The Balaban J connectivity index is 1.98. The first-order chi connectivity index (χ1) is 10.7. The maximum atomic E-state index is 12.3. The van der Waals surface area contributed by atoms with E-state index in [9.17, 15) is 4.79 Å². The summed E-state index contributed by atoms with van der Waals surface area (Å²) in [6.45, 7) is 10.9. The maximum Gasteiger partial charge on any atom is 0.410 e. The van der Waals surface area contributed by atoms with Gasteiger partial charge in [-0.05, 0) is 47.0 Å². The zero-order valence-electron chi connectivity index (χ0n) is 14.7. The van der Waals surface area contributed by atoms with E-state index in [1.807, 2.05) is 20.8 Å². The molecule has 0 spiro atoms. The van der Waals surface area contributed by atoms with Crippen molar-refractivity contribution in [3.8, 4) is 0 Å². The summed E-state index contributed by atoms with van der Waals surface area (Å²) in [5, 5.41) is 3.76. The lowest BCUT2D eigenvalue weighted by Gasteiger charge is -2.42. The molecule has 1 saturated heterocycles. The van der Waals surface area contributed by atoms with Crippen molar-refractivity contribution in [2.24, 2.45) is 0 Å². The Morgan fingerprint density at radius 3 is 2.74 bits per heavy atom. The first-order valence-electron chi connectivity index (χ1n) is 8.14. The van der Waals surface area contributed by atoms with E-state index >= 15 is 0 Å². The third-order valence-corrected chi connectivity index (χ3v) is 3.91. The zero-order chi connectivity index (χ0) is 17.1. The number of aromatic nitrogens is 2. The fourth-order valence-electron chi connectivity index (χ4n) is 2.70. The van der Waals surface area contributed by atoms with Crippen molar-refractivity contribution in [2.75, 3.05) is 13.1 Å². The van der Waals surface area contributed by atoms with Gasteiger partial charge in [0, 0.05) is 6.54 Å². The molecule has 0 saturated carbocycles. The van der Waals surface area contributed by atoms with Gasteiger partial charge in [-0.1, -0.05) is 12.1 Å². The quantitative estimate of drug-likeness (QED) is 0.846. The molecule has 7 heteroatoms. The third-order valence-electron chi connectivity index (χ3n) is 3.91. The molecular formula is C16H27N3O4. The summed E-state index contributed by atoms with van der Waals surface area (Å²) in [4.78, 5) is 18.2. The van der Waals surface area contributed by atoms with Gasteiger partial charge in [-0.2, -0.15) is 4.98 Å². The molecule has 1 unspecified atom stereocenters. The molecule has 0 bridgehead atoms. The largest absolute Gasteiger partial charge is 0.444 e. The number of carbonyl (C=O) groups excluding carboxylic acids is 1. The van der Waals surface area contributed by atoms with Gasteiger partial charge >= 0.3 is 6.09 Å². The summed E-state index contributed by atoms with van der Waals surface area (Å²) in [5.41, 5.74) is -0.886. The zero-order valence-corrected chi connectivity index (χ0v) is 14.7. The number of nitrogens with zero attached hydrogens (tertiary/aromatic N) is 3. The average Bonchev–Trinajstić information content (AvgIpc) is 2.89. The smallest absolute Gasteiger partial charge is 0.410 e. The highest BCUT2D eigenvalue weighted by Gasteiger charge is 2.38. The number of ether oxygens (including phenoxy) is 2. The van der Waals surface area contributed by atoms with Crippen LogP contribution in [-0.4, -0.2) is 45.4 Å². The van der Waals surface area contributed by atoms with Crippen molar-refractivity contribution >= 4 is 6.09 Å². The van der Waals surface area contributed by atoms with E-state index in [0.717, 1.165) is 19.3 Å². The molecule has 1 amide bonds. The van der Waals surface area contributed by atoms with Gasteiger partial charge < -0.3 is 18.9 Å². The van der Waals surface area contributed by atoms with Gasteiger partial charge in [-0.25, -0.2) is 4.79 Å². The van der Waals surface area contributed by atoms with Crippen LogP contribution >= 0.6 is 0 Å².